The Hall–Kier alpha value is -3.09. The lowest BCUT2D eigenvalue weighted by Gasteiger charge is -2.23. The van der Waals surface area contributed by atoms with Crippen LogP contribution in [0.3, 0.4) is 0 Å². The fourth-order valence-electron chi connectivity index (χ4n) is 3.18. The van der Waals surface area contributed by atoms with Gasteiger partial charge in [-0.15, -0.1) is 0 Å². The Balaban J connectivity index is 1.53. The van der Waals surface area contributed by atoms with E-state index in [2.05, 4.69) is 14.5 Å². The quantitative estimate of drug-likeness (QED) is 0.721. The smallest absolute Gasteiger partial charge is 0.290 e. The van der Waals surface area contributed by atoms with Gasteiger partial charge in [-0.2, -0.15) is 0 Å². The summed E-state index contributed by atoms with van der Waals surface area (Å²) in [6.07, 6.45) is 6.85. The minimum Gasteiger partial charge on any atom is -0.477 e. The number of nitrogens with zero attached hydrogens (tertiary/aromatic N) is 4. The molecule has 0 radical (unpaired) electrons. The summed E-state index contributed by atoms with van der Waals surface area (Å²) in [5, 5.41) is 0. The molecule has 7 heteroatoms. The highest BCUT2D eigenvalue weighted by atomic mass is 16.5. The van der Waals surface area contributed by atoms with E-state index < -0.39 is 0 Å². The lowest BCUT2D eigenvalue weighted by Crippen LogP contribution is -2.36. The fraction of sp³-hybridized carbons (Fsp3) is 0.316. The molecule has 26 heavy (non-hydrogen) atoms. The number of hydrogen-bond acceptors (Lipinski definition) is 5. The van der Waals surface area contributed by atoms with Gasteiger partial charge in [0.15, 0.2) is 5.76 Å². The van der Waals surface area contributed by atoms with Crippen LogP contribution in [0.2, 0.25) is 0 Å². The maximum atomic E-state index is 12.9. The number of pyridine rings is 1. The summed E-state index contributed by atoms with van der Waals surface area (Å²) in [5.74, 6) is 0.987. The number of ether oxygens (including phenoxy) is 1. The molecule has 1 amide bonds. The van der Waals surface area contributed by atoms with Gasteiger partial charge in [0.1, 0.15) is 0 Å². The molecule has 4 heterocycles. The zero-order valence-electron chi connectivity index (χ0n) is 14.5. The molecular weight excluding hydrogens is 332 g/mol. The number of aromatic nitrogens is 3. The van der Waals surface area contributed by atoms with Gasteiger partial charge in [-0.25, -0.2) is 9.97 Å². The van der Waals surface area contributed by atoms with Crippen LogP contribution < -0.4 is 4.74 Å². The predicted molar refractivity (Wildman–Crippen MR) is 93.6 cm³/mol. The van der Waals surface area contributed by atoms with Crippen molar-refractivity contribution in [3.8, 4) is 5.88 Å². The summed E-state index contributed by atoms with van der Waals surface area (Å²) in [4.78, 5) is 23.2. The molecule has 0 spiro atoms. The highest BCUT2D eigenvalue weighted by molar-refractivity contribution is 5.92. The molecule has 7 nitrogen and oxygen atoms in total. The number of rotatable bonds is 4. The second-order valence-electron chi connectivity index (χ2n) is 6.50. The van der Waals surface area contributed by atoms with Crippen molar-refractivity contribution < 1.29 is 13.9 Å². The summed E-state index contributed by atoms with van der Waals surface area (Å²) in [7, 11) is 0. The lowest BCUT2D eigenvalue weighted by molar-refractivity contribution is 0.0667. The Labute approximate surface area is 151 Å². The summed E-state index contributed by atoms with van der Waals surface area (Å²) in [5.41, 5.74) is 1.84. The van der Waals surface area contributed by atoms with Crippen molar-refractivity contribution in [2.45, 2.75) is 20.0 Å². The SMILES string of the molecule is Cc1ccoc1C(=O)N1Cc2cncn2C[C@@H](COc2ccccn2)C1. The molecule has 3 aromatic heterocycles. The van der Waals surface area contributed by atoms with Crippen molar-refractivity contribution in [1.29, 1.82) is 0 Å². The third-order valence-corrected chi connectivity index (χ3v) is 4.53. The Morgan fingerprint density at radius 1 is 1.35 bits per heavy atom. The second kappa shape index (κ2) is 7.03. The van der Waals surface area contributed by atoms with Gasteiger partial charge in [0.2, 0.25) is 5.88 Å². The lowest BCUT2D eigenvalue weighted by atomic mass is 10.1. The van der Waals surface area contributed by atoms with Crippen LogP contribution in [0.25, 0.3) is 0 Å². The highest BCUT2D eigenvalue weighted by Gasteiger charge is 2.28. The van der Waals surface area contributed by atoms with Crippen molar-refractivity contribution in [1.82, 2.24) is 19.4 Å². The van der Waals surface area contributed by atoms with E-state index in [-0.39, 0.29) is 11.8 Å². The van der Waals surface area contributed by atoms with Gasteiger partial charge in [0.25, 0.3) is 5.91 Å². The maximum Gasteiger partial charge on any atom is 0.290 e. The zero-order valence-corrected chi connectivity index (χ0v) is 14.5. The summed E-state index contributed by atoms with van der Waals surface area (Å²) in [6.45, 7) is 4.16. The van der Waals surface area contributed by atoms with Crippen LogP contribution in [0.15, 0.2) is 53.7 Å². The topological polar surface area (TPSA) is 73.4 Å². The summed E-state index contributed by atoms with van der Waals surface area (Å²) >= 11 is 0. The average Bonchev–Trinajstić information content (AvgIpc) is 3.24. The third-order valence-electron chi connectivity index (χ3n) is 4.53. The van der Waals surface area contributed by atoms with E-state index in [1.807, 2.05) is 25.1 Å². The molecule has 0 aliphatic carbocycles. The van der Waals surface area contributed by atoms with Gasteiger partial charge in [0.05, 0.1) is 31.4 Å². The third kappa shape index (κ3) is 3.33. The first kappa shape index (κ1) is 16.4. The first-order chi connectivity index (χ1) is 12.7. The molecule has 0 aromatic carbocycles. The Kier molecular flexibility index (Phi) is 4.43. The molecule has 1 atom stereocenters. The molecule has 0 saturated carbocycles. The number of carbonyl (C=O) groups is 1. The molecule has 0 N–H and O–H groups in total. The van der Waals surface area contributed by atoms with Crippen LogP contribution >= 0.6 is 0 Å². The van der Waals surface area contributed by atoms with Crippen LogP contribution in [0.1, 0.15) is 21.8 Å². The Morgan fingerprint density at radius 2 is 2.27 bits per heavy atom. The average molecular weight is 352 g/mol. The number of imidazole rings is 1. The van der Waals surface area contributed by atoms with Crippen LogP contribution in [0.5, 0.6) is 5.88 Å². The second-order valence-corrected chi connectivity index (χ2v) is 6.50. The minimum absolute atomic E-state index is 0.106. The van der Waals surface area contributed by atoms with E-state index in [4.69, 9.17) is 9.15 Å². The van der Waals surface area contributed by atoms with Gasteiger partial charge in [-0.05, 0) is 19.1 Å². The van der Waals surface area contributed by atoms with Crippen LogP contribution in [0.4, 0.5) is 0 Å². The van der Waals surface area contributed by atoms with Crippen molar-refractivity contribution in [3.05, 3.63) is 66.3 Å². The number of fused-ring (bicyclic) bond motifs is 1. The molecule has 0 saturated heterocycles. The molecule has 1 aliphatic rings. The van der Waals surface area contributed by atoms with Crippen LogP contribution in [-0.2, 0) is 13.1 Å². The van der Waals surface area contributed by atoms with E-state index >= 15 is 0 Å². The van der Waals surface area contributed by atoms with Crippen LogP contribution in [0, 0.1) is 12.8 Å². The maximum absolute atomic E-state index is 12.9. The molecule has 0 fully saturated rings. The molecule has 0 bridgehead atoms. The number of amides is 1. The zero-order chi connectivity index (χ0) is 17.9. The number of furan rings is 1. The van der Waals surface area contributed by atoms with Crippen molar-refractivity contribution in [3.63, 3.8) is 0 Å². The normalized spacial score (nSPS) is 16.8. The van der Waals surface area contributed by atoms with E-state index in [1.54, 1.807) is 36.0 Å². The van der Waals surface area contributed by atoms with Gasteiger partial charge < -0.3 is 18.6 Å². The van der Waals surface area contributed by atoms with E-state index in [0.717, 1.165) is 17.8 Å². The van der Waals surface area contributed by atoms with E-state index in [0.29, 0.717) is 31.3 Å². The molecule has 3 aromatic rings. The Morgan fingerprint density at radius 3 is 3.04 bits per heavy atom. The van der Waals surface area contributed by atoms with Crippen molar-refractivity contribution >= 4 is 5.91 Å². The molecule has 4 rings (SSSR count). The number of aryl methyl sites for hydroxylation is 1. The van der Waals surface area contributed by atoms with E-state index in [9.17, 15) is 4.79 Å². The van der Waals surface area contributed by atoms with Gasteiger partial charge in [-0.1, -0.05) is 6.07 Å². The van der Waals surface area contributed by atoms with Gasteiger partial charge in [-0.3, -0.25) is 4.79 Å². The first-order valence-electron chi connectivity index (χ1n) is 8.57. The molecular formula is C19H20N4O3. The highest BCUT2D eigenvalue weighted by Crippen LogP contribution is 2.21. The van der Waals surface area contributed by atoms with Gasteiger partial charge in [0, 0.05) is 43.0 Å². The Bertz CT molecular complexity index is 887. The molecule has 134 valence electrons. The summed E-state index contributed by atoms with van der Waals surface area (Å²) in [6, 6.07) is 7.37. The number of hydrogen-bond donors (Lipinski definition) is 0. The first-order valence-corrected chi connectivity index (χ1v) is 8.57. The predicted octanol–water partition coefficient (Wildman–Crippen LogP) is 2.53. The monoisotopic (exact) mass is 352 g/mol. The molecule has 0 unspecified atom stereocenters. The van der Waals surface area contributed by atoms with Crippen molar-refractivity contribution in [2.24, 2.45) is 5.92 Å². The largest absolute Gasteiger partial charge is 0.477 e. The van der Waals surface area contributed by atoms with E-state index in [1.165, 1.54) is 0 Å². The summed E-state index contributed by atoms with van der Waals surface area (Å²) < 4.78 is 13.3. The number of carbonyl (C=O) groups excluding carboxylic acids is 1. The minimum atomic E-state index is -0.106. The standard InChI is InChI=1S/C19H20N4O3/c1-14-5-7-25-18(14)19(24)22-9-15(10-23-13-20-8-16(23)11-22)12-26-17-4-2-3-6-21-17/h2-8,13,15H,9-12H2,1H3/t15-/m0/s1. The van der Waals surface area contributed by atoms with Gasteiger partial charge >= 0.3 is 0 Å². The molecule has 1 aliphatic heterocycles. The fourth-order valence-corrected chi connectivity index (χ4v) is 3.18. The van der Waals surface area contributed by atoms with Crippen molar-refractivity contribution in [2.75, 3.05) is 13.2 Å². The van der Waals surface area contributed by atoms with Crippen LogP contribution in [-0.4, -0.2) is 38.5 Å².